The van der Waals surface area contributed by atoms with E-state index < -0.39 is 75.0 Å². The van der Waals surface area contributed by atoms with Crippen LogP contribution in [0.4, 0.5) is 0 Å². The lowest BCUT2D eigenvalue weighted by atomic mass is 9.54. The molecule has 0 bridgehead atoms. The van der Waals surface area contributed by atoms with Crippen molar-refractivity contribution in [2.75, 3.05) is 21.2 Å². The van der Waals surface area contributed by atoms with Crippen molar-refractivity contribution < 1.29 is 45.0 Å². The van der Waals surface area contributed by atoms with E-state index in [9.17, 15) is 39.9 Å². The number of ketones is 2. The van der Waals surface area contributed by atoms with Crippen LogP contribution in [-0.4, -0.2) is 85.9 Å². The second-order valence-electron chi connectivity index (χ2n) is 8.96. The highest BCUT2D eigenvalue weighted by molar-refractivity contribution is 6.24. The Balaban J connectivity index is 0.00000158. The van der Waals surface area contributed by atoms with E-state index in [0.29, 0.717) is 0 Å². The van der Waals surface area contributed by atoms with Gasteiger partial charge in [0.25, 0.3) is 5.91 Å². The standard InChI is InChI=1S/C22H24N2O8.CH4O/c1-21(31)8-5-4-6-11(25)12(8)16(26)13-9(21)7-10-15(24(2)3)17(27)14(20(23)30)19(29)22(10,32)18(13)28;1-2/h4-6,9-10,15,25-26,29,31-32H,7H2,1-3H3,(H2,23,30);2H,1H3/t9-,10-,15-,21+,22-;/m0./s1. The highest BCUT2D eigenvalue weighted by Crippen LogP contribution is 2.57. The molecule has 0 heterocycles. The van der Waals surface area contributed by atoms with Crippen LogP contribution in [0.3, 0.4) is 0 Å². The van der Waals surface area contributed by atoms with E-state index in [-0.39, 0.29) is 17.5 Å². The summed E-state index contributed by atoms with van der Waals surface area (Å²) in [5.74, 6) is -7.90. The van der Waals surface area contributed by atoms with E-state index in [4.69, 9.17) is 10.8 Å². The Morgan fingerprint density at radius 2 is 1.71 bits per heavy atom. The summed E-state index contributed by atoms with van der Waals surface area (Å²) in [4.78, 5) is 40.0. The average molecular weight is 476 g/mol. The van der Waals surface area contributed by atoms with Gasteiger partial charge in [-0.05, 0) is 39.1 Å². The Labute approximate surface area is 195 Å². The molecule has 3 aliphatic rings. The van der Waals surface area contributed by atoms with Crippen molar-refractivity contribution in [1.82, 2.24) is 4.90 Å². The number of nitrogens with two attached hydrogens (primary N) is 1. The van der Waals surface area contributed by atoms with Gasteiger partial charge in [0, 0.05) is 24.5 Å². The molecule has 0 radical (unpaired) electrons. The number of amides is 1. The number of carbonyl (C=O) groups excluding carboxylic acids is 3. The van der Waals surface area contributed by atoms with Crippen LogP contribution in [0.15, 0.2) is 35.1 Å². The first-order chi connectivity index (χ1) is 15.8. The van der Waals surface area contributed by atoms with E-state index in [0.717, 1.165) is 7.11 Å². The predicted octanol–water partition coefficient (Wildman–Crippen LogP) is -0.762. The molecule has 0 saturated heterocycles. The smallest absolute Gasteiger partial charge is 0.255 e. The predicted molar refractivity (Wildman–Crippen MR) is 118 cm³/mol. The summed E-state index contributed by atoms with van der Waals surface area (Å²) >= 11 is 0. The third kappa shape index (κ3) is 3.08. The van der Waals surface area contributed by atoms with Crippen LogP contribution in [0.25, 0.3) is 5.76 Å². The van der Waals surface area contributed by atoms with Crippen molar-refractivity contribution in [2.24, 2.45) is 17.6 Å². The minimum Gasteiger partial charge on any atom is -0.508 e. The SMILES string of the molecule is CN(C)[C@@H]1C(=O)C(C(N)=O)=C(O)[C@@]2(O)C(=O)C3=C(O)c4c(O)cccc4[C@@](C)(O)[C@H]3C[C@@H]12.CO. The van der Waals surface area contributed by atoms with E-state index in [1.54, 1.807) is 0 Å². The molecule has 5 atom stereocenters. The molecule has 0 aliphatic heterocycles. The van der Waals surface area contributed by atoms with E-state index in [2.05, 4.69) is 0 Å². The zero-order chi connectivity index (χ0) is 25.9. The fraction of sp³-hybridized carbons (Fsp3) is 0.435. The highest BCUT2D eigenvalue weighted by atomic mass is 16.3. The number of carbonyl (C=O) groups is 3. The maximum absolute atomic E-state index is 13.7. The van der Waals surface area contributed by atoms with Crippen LogP contribution in [0.1, 0.15) is 24.5 Å². The normalized spacial score (nSPS) is 32.5. The fourth-order valence-corrected chi connectivity index (χ4v) is 5.50. The molecule has 4 rings (SSSR count). The number of rotatable bonds is 2. The molecule has 0 unspecified atom stereocenters. The van der Waals surface area contributed by atoms with Crippen molar-refractivity contribution in [1.29, 1.82) is 0 Å². The van der Waals surface area contributed by atoms with Crippen LogP contribution in [0, 0.1) is 11.8 Å². The molecule has 1 fully saturated rings. The largest absolute Gasteiger partial charge is 0.508 e. The summed E-state index contributed by atoms with van der Waals surface area (Å²) in [6.45, 7) is 1.40. The molecule has 8 N–H and O–H groups in total. The highest BCUT2D eigenvalue weighted by Gasteiger charge is 2.66. The van der Waals surface area contributed by atoms with Crippen LogP contribution in [0.5, 0.6) is 5.75 Å². The van der Waals surface area contributed by atoms with Crippen LogP contribution < -0.4 is 5.73 Å². The molecular formula is C23H28N2O9. The summed E-state index contributed by atoms with van der Waals surface area (Å²) < 4.78 is 0. The van der Waals surface area contributed by atoms with E-state index in [1.165, 1.54) is 44.1 Å². The lowest BCUT2D eigenvalue weighted by Crippen LogP contribution is -2.67. The number of hydrogen-bond donors (Lipinski definition) is 7. The molecule has 1 aromatic carbocycles. The van der Waals surface area contributed by atoms with Gasteiger partial charge in [0.2, 0.25) is 5.78 Å². The summed E-state index contributed by atoms with van der Waals surface area (Å²) in [6, 6.07) is 3.02. The Morgan fingerprint density at radius 3 is 2.24 bits per heavy atom. The quantitative estimate of drug-likeness (QED) is 0.266. The third-order valence-electron chi connectivity index (χ3n) is 7.02. The van der Waals surface area contributed by atoms with Gasteiger partial charge in [0.15, 0.2) is 11.4 Å². The van der Waals surface area contributed by atoms with Gasteiger partial charge in [-0.3, -0.25) is 19.3 Å². The Hall–Kier alpha value is -3.25. The maximum Gasteiger partial charge on any atom is 0.255 e. The molecule has 11 nitrogen and oxygen atoms in total. The maximum atomic E-state index is 13.7. The van der Waals surface area contributed by atoms with E-state index >= 15 is 0 Å². The number of nitrogens with zero attached hydrogens (tertiary/aromatic N) is 1. The molecule has 1 amide bonds. The first-order valence-electron chi connectivity index (χ1n) is 10.4. The third-order valence-corrected chi connectivity index (χ3v) is 7.02. The number of aliphatic hydroxyl groups excluding tert-OH is 3. The Kier molecular flexibility index (Phi) is 6.12. The second-order valence-corrected chi connectivity index (χ2v) is 8.96. The summed E-state index contributed by atoms with van der Waals surface area (Å²) in [5, 5.41) is 61.9. The fourth-order valence-electron chi connectivity index (χ4n) is 5.50. The number of aromatic hydroxyl groups is 1. The van der Waals surface area contributed by atoms with Crippen molar-refractivity contribution in [2.45, 2.75) is 30.6 Å². The Bertz CT molecular complexity index is 1150. The number of phenols is 1. The minimum atomic E-state index is -2.75. The molecular weight excluding hydrogens is 448 g/mol. The zero-order valence-corrected chi connectivity index (χ0v) is 19.1. The van der Waals surface area contributed by atoms with Gasteiger partial charge in [0.05, 0.1) is 17.2 Å². The van der Waals surface area contributed by atoms with Crippen molar-refractivity contribution in [3.8, 4) is 5.75 Å². The molecule has 1 aromatic rings. The number of aliphatic hydroxyl groups is 5. The molecule has 0 spiro atoms. The number of hydrogen-bond acceptors (Lipinski definition) is 10. The molecule has 11 heteroatoms. The van der Waals surface area contributed by atoms with Gasteiger partial charge in [-0.2, -0.15) is 0 Å². The van der Waals surface area contributed by atoms with Gasteiger partial charge < -0.3 is 36.4 Å². The second kappa shape index (κ2) is 8.20. The first-order valence-corrected chi connectivity index (χ1v) is 10.4. The average Bonchev–Trinajstić information content (AvgIpc) is 2.75. The molecule has 34 heavy (non-hydrogen) atoms. The molecule has 184 valence electrons. The van der Waals surface area contributed by atoms with Crippen LogP contribution >= 0.6 is 0 Å². The number of phenolic OH excluding ortho intramolecular Hbond substituents is 1. The monoisotopic (exact) mass is 476 g/mol. The number of primary amides is 1. The van der Waals surface area contributed by atoms with Gasteiger partial charge in [0.1, 0.15) is 22.8 Å². The summed E-state index contributed by atoms with van der Waals surface area (Å²) in [5.41, 5.74) is -0.548. The molecule has 3 aliphatic carbocycles. The first kappa shape index (κ1) is 25.4. The topological polar surface area (TPSA) is 202 Å². The lowest BCUT2D eigenvalue weighted by Gasteiger charge is -2.53. The van der Waals surface area contributed by atoms with Gasteiger partial charge in [-0.15, -0.1) is 0 Å². The lowest BCUT2D eigenvalue weighted by molar-refractivity contribution is -0.159. The van der Waals surface area contributed by atoms with Crippen molar-refractivity contribution in [3.05, 3.63) is 46.2 Å². The van der Waals surface area contributed by atoms with Gasteiger partial charge >= 0.3 is 0 Å². The molecule has 0 aromatic heterocycles. The van der Waals surface area contributed by atoms with E-state index in [1.807, 2.05) is 0 Å². The minimum absolute atomic E-state index is 0.170. The van der Waals surface area contributed by atoms with Crippen LogP contribution in [-0.2, 0) is 20.0 Å². The molecule has 1 saturated carbocycles. The number of fused-ring (bicyclic) bond motifs is 3. The number of likely N-dealkylation sites (N-methyl/N-ethyl adjacent to an activating group) is 1. The van der Waals surface area contributed by atoms with Crippen molar-refractivity contribution in [3.63, 3.8) is 0 Å². The number of Topliss-reactive ketones (excluding diaryl/α,β-unsaturated/α-hetero) is 2. The van der Waals surface area contributed by atoms with Crippen LogP contribution in [0.2, 0.25) is 0 Å². The Morgan fingerprint density at radius 1 is 1.12 bits per heavy atom. The summed E-state index contributed by atoms with van der Waals surface area (Å²) in [6.07, 6.45) is -0.200. The number of benzene rings is 1. The van der Waals surface area contributed by atoms with Gasteiger partial charge in [-0.25, -0.2) is 0 Å². The van der Waals surface area contributed by atoms with Gasteiger partial charge in [-0.1, -0.05) is 12.1 Å². The van der Waals surface area contributed by atoms with Crippen molar-refractivity contribution >= 4 is 23.2 Å². The zero-order valence-electron chi connectivity index (χ0n) is 19.1. The summed E-state index contributed by atoms with van der Waals surface area (Å²) in [7, 11) is 4.01.